The van der Waals surface area contributed by atoms with Gasteiger partial charge in [0.2, 0.25) is 0 Å². The first-order valence-electron chi connectivity index (χ1n) is 6.09. The maximum Gasteiger partial charge on any atom is 0.00982 e. The van der Waals surface area contributed by atoms with Gasteiger partial charge in [-0.3, -0.25) is 0 Å². The van der Waals surface area contributed by atoms with E-state index >= 15 is 0 Å². The highest BCUT2D eigenvalue weighted by molar-refractivity contribution is 4.83. The van der Waals surface area contributed by atoms with Gasteiger partial charge in [-0.1, -0.05) is 25.7 Å². The van der Waals surface area contributed by atoms with Crippen LogP contribution in [0.4, 0.5) is 0 Å². The summed E-state index contributed by atoms with van der Waals surface area (Å²) in [4.78, 5) is 2.60. The van der Waals surface area contributed by atoms with Gasteiger partial charge in [0.1, 0.15) is 0 Å². The lowest BCUT2D eigenvalue weighted by molar-refractivity contribution is 0.267. The molecule has 0 saturated carbocycles. The normalized spacial score (nSPS) is 20.5. The highest BCUT2D eigenvalue weighted by Gasteiger charge is 2.05. The second-order valence-corrected chi connectivity index (χ2v) is 4.27. The second-order valence-electron chi connectivity index (χ2n) is 4.27. The van der Waals surface area contributed by atoms with Gasteiger partial charge < -0.3 is 4.90 Å². The predicted molar refractivity (Wildman–Crippen MR) is 62.2 cm³/mol. The third-order valence-corrected chi connectivity index (χ3v) is 2.99. The molecule has 0 bridgehead atoms. The van der Waals surface area contributed by atoms with Crippen molar-refractivity contribution in [2.45, 2.75) is 51.4 Å². The van der Waals surface area contributed by atoms with E-state index in [1.54, 1.807) is 0 Å². The summed E-state index contributed by atoms with van der Waals surface area (Å²) in [6.45, 7) is 3.80. The van der Waals surface area contributed by atoms with Gasteiger partial charge in [0, 0.05) is 6.42 Å². The van der Waals surface area contributed by atoms with Crippen LogP contribution in [-0.2, 0) is 0 Å². The molecule has 0 aromatic carbocycles. The Bertz CT molecular complexity index is 159. The van der Waals surface area contributed by atoms with Crippen molar-refractivity contribution < 1.29 is 0 Å². The summed E-state index contributed by atoms with van der Waals surface area (Å²) in [5, 5.41) is 0. The standard InChI is InChI=1S/C13H23N/c1-2-3-8-11-14-12-9-6-4-5-7-10-13-14/h1H,3-13H2. The summed E-state index contributed by atoms with van der Waals surface area (Å²) in [7, 11) is 0. The molecule has 0 aromatic rings. The van der Waals surface area contributed by atoms with E-state index in [1.807, 2.05) is 0 Å². The summed E-state index contributed by atoms with van der Waals surface area (Å²) >= 11 is 0. The Balaban J connectivity index is 2.15. The van der Waals surface area contributed by atoms with E-state index in [2.05, 4.69) is 10.8 Å². The Morgan fingerprint density at radius 1 is 0.929 bits per heavy atom. The molecule has 1 rings (SSSR count). The SMILES string of the molecule is C#CCCCN1CCCCCCCC1. The molecule has 1 saturated heterocycles. The first-order chi connectivity index (χ1) is 6.93. The third-order valence-electron chi connectivity index (χ3n) is 2.99. The maximum atomic E-state index is 5.26. The van der Waals surface area contributed by atoms with Crippen LogP contribution in [0.2, 0.25) is 0 Å². The molecule has 80 valence electrons. The van der Waals surface area contributed by atoms with E-state index in [4.69, 9.17) is 6.42 Å². The van der Waals surface area contributed by atoms with E-state index in [9.17, 15) is 0 Å². The van der Waals surface area contributed by atoms with Crippen molar-refractivity contribution in [2.24, 2.45) is 0 Å². The maximum absolute atomic E-state index is 5.26. The molecule has 0 aromatic heterocycles. The molecule has 1 heterocycles. The Morgan fingerprint density at radius 2 is 1.50 bits per heavy atom. The molecule has 0 aliphatic carbocycles. The molecule has 0 unspecified atom stereocenters. The fourth-order valence-electron chi connectivity index (χ4n) is 2.12. The van der Waals surface area contributed by atoms with Gasteiger partial charge in [-0.15, -0.1) is 12.3 Å². The molecule has 1 heteroatoms. The Hall–Kier alpha value is -0.480. The average molecular weight is 193 g/mol. The minimum Gasteiger partial charge on any atom is -0.303 e. The zero-order chi connectivity index (χ0) is 10.1. The lowest BCUT2D eigenvalue weighted by Crippen LogP contribution is -2.26. The lowest BCUT2D eigenvalue weighted by atomic mass is 10.1. The van der Waals surface area contributed by atoms with Gasteiger partial charge >= 0.3 is 0 Å². The second kappa shape index (κ2) is 7.88. The van der Waals surface area contributed by atoms with Crippen LogP contribution in [-0.4, -0.2) is 24.5 Å². The van der Waals surface area contributed by atoms with E-state index < -0.39 is 0 Å². The van der Waals surface area contributed by atoms with Crippen LogP contribution in [0.25, 0.3) is 0 Å². The molecule has 14 heavy (non-hydrogen) atoms. The number of unbranched alkanes of at least 4 members (excludes halogenated alkanes) is 1. The quantitative estimate of drug-likeness (QED) is 0.492. The van der Waals surface area contributed by atoms with Crippen molar-refractivity contribution in [1.82, 2.24) is 4.90 Å². The molecule has 1 fully saturated rings. The summed E-state index contributed by atoms with van der Waals surface area (Å²) in [6.07, 6.45) is 15.9. The number of rotatable bonds is 3. The molecule has 1 aliphatic heterocycles. The molecule has 0 spiro atoms. The van der Waals surface area contributed by atoms with Crippen molar-refractivity contribution in [3.8, 4) is 12.3 Å². The first-order valence-corrected chi connectivity index (χ1v) is 6.09. The van der Waals surface area contributed by atoms with Crippen LogP contribution in [0.3, 0.4) is 0 Å². The van der Waals surface area contributed by atoms with Crippen molar-refractivity contribution in [3.05, 3.63) is 0 Å². The number of hydrogen-bond donors (Lipinski definition) is 0. The van der Waals surface area contributed by atoms with Crippen molar-refractivity contribution >= 4 is 0 Å². The van der Waals surface area contributed by atoms with E-state index in [0.717, 1.165) is 6.42 Å². The van der Waals surface area contributed by atoms with E-state index in [1.165, 1.54) is 64.6 Å². The average Bonchev–Trinajstić information content (AvgIpc) is 2.32. The zero-order valence-corrected chi connectivity index (χ0v) is 9.30. The number of nitrogens with zero attached hydrogens (tertiary/aromatic N) is 1. The topological polar surface area (TPSA) is 3.24 Å². The highest BCUT2D eigenvalue weighted by atomic mass is 15.1. The molecular weight excluding hydrogens is 170 g/mol. The summed E-state index contributed by atoms with van der Waals surface area (Å²) in [6, 6.07) is 0. The molecule has 0 atom stereocenters. The molecule has 1 aliphatic rings. The number of terminal acetylenes is 1. The van der Waals surface area contributed by atoms with Crippen molar-refractivity contribution in [2.75, 3.05) is 19.6 Å². The molecule has 0 N–H and O–H groups in total. The molecule has 0 radical (unpaired) electrons. The summed E-state index contributed by atoms with van der Waals surface area (Å²) in [5.74, 6) is 2.72. The van der Waals surface area contributed by atoms with Gasteiger partial charge in [0.05, 0.1) is 0 Å². The molecule has 0 amide bonds. The summed E-state index contributed by atoms with van der Waals surface area (Å²) in [5.41, 5.74) is 0. The lowest BCUT2D eigenvalue weighted by Gasteiger charge is -2.20. The van der Waals surface area contributed by atoms with Crippen LogP contribution in [0.5, 0.6) is 0 Å². The third kappa shape index (κ3) is 5.29. The minimum absolute atomic E-state index is 0.941. The first kappa shape index (κ1) is 11.6. The zero-order valence-electron chi connectivity index (χ0n) is 9.30. The van der Waals surface area contributed by atoms with Crippen LogP contribution >= 0.6 is 0 Å². The fourth-order valence-corrected chi connectivity index (χ4v) is 2.12. The smallest absolute Gasteiger partial charge is 0.00982 e. The Kier molecular flexibility index (Phi) is 6.53. The van der Waals surface area contributed by atoms with E-state index in [0.29, 0.717) is 0 Å². The number of hydrogen-bond acceptors (Lipinski definition) is 1. The largest absolute Gasteiger partial charge is 0.303 e. The highest BCUT2D eigenvalue weighted by Crippen LogP contribution is 2.11. The monoisotopic (exact) mass is 193 g/mol. The Labute approximate surface area is 88.9 Å². The minimum atomic E-state index is 0.941. The van der Waals surface area contributed by atoms with Crippen molar-refractivity contribution in [1.29, 1.82) is 0 Å². The Morgan fingerprint density at radius 3 is 2.07 bits per heavy atom. The van der Waals surface area contributed by atoms with Gasteiger partial charge in [-0.2, -0.15) is 0 Å². The van der Waals surface area contributed by atoms with Gasteiger partial charge in [0.15, 0.2) is 0 Å². The van der Waals surface area contributed by atoms with Crippen LogP contribution < -0.4 is 0 Å². The van der Waals surface area contributed by atoms with Gasteiger partial charge in [-0.05, 0) is 38.9 Å². The van der Waals surface area contributed by atoms with Crippen LogP contribution in [0, 0.1) is 12.3 Å². The fraction of sp³-hybridized carbons (Fsp3) is 0.846. The van der Waals surface area contributed by atoms with Crippen LogP contribution in [0.15, 0.2) is 0 Å². The molecular formula is C13H23N. The molecule has 1 nitrogen and oxygen atoms in total. The van der Waals surface area contributed by atoms with Crippen molar-refractivity contribution in [3.63, 3.8) is 0 Å². The predicted octanol–water partition coefficient (Wildman–Crippen LogP) is 3.06. The summed E-state index contributed by atoms with van der Waals surface area (Å²) < 4.78 is 0. The van der Waals surface area contributed by atoms with Crippen LogP contribution in [0.1, 0.15) is 51.4 Å². The van der Waals surface area contributed by atoms with Gasteiger partial charge in [-0.25, -0.2) is 0 Å². The van der Waals surface area contributed by atoms with E-state index in [-0.39, 0.29) is 0 Å². The van der Waals surface area contributed by atoms with Gasteiger partial charge in [0.25, 0.3) is 0 Å².